The topological polar surface area (TPSA) is 72.6 Å². The number of hydrogen-bond acceptors (Lipinski definition) is 4. The number of nitro groups is 1. The van der Waals surface area contributed by atoms with Crippen molar-refractivity contribution in [3.05, 3.63) is 32.5 Å². The molecule has 0 bridgehead atoms. The monoisotopic (exact) mass is 333 g/mol. The SMILES string of the molecule is O=[N+]([O-])c1cc(Br)c(F)cc1O[C@@H]1CCCC[C@H]1O. The van der Waals surface area contributed by atoms with Gasteiger partial charge in [0.2, 0.25) is 0 Å². The summed E-state index contributed by atoms with van der Waals surface area (Å²) in [7, 11) is 0. The highest BCUT2D eigenvalue weighted by molar-refractivity contribution is 9.10. The zero-order valence-electron chi connectivity index (χ0n) is 10.0. The molecule has 2 rings (SSSR count). The van der Waals surface area contributed by atoms with Crippen LogP contribution < -0.4 is 4.74 Å². The average Bonchev–Trinajstić information content (AvgIpc) is 2.36. The third-order valence-electron chi connectivity index (χ3n) is 3.14. The third kappa shape index (κ3) is 3.22. The van der Waals surface area contributed by atoms with E-state index in [1.165, 1.54) is 0 Å². The lowest BCUT2D eigenvalue weighted by Gasteiger charge is -2.28. The molecule has 1 N–H and O–H groups in total. The van der Waals surface area contributed by atoms with E-state index in [0.717, 1.165) is 25.0 Å². The summed E-state index contributed by atoms with van der Waals surface area (Å²) in [4.78, 5) is 10.3. The van der Waals surface area contributed by atoms with Crippen molar-refractivity contribution in [2.24, 2.45) is 0 Å². The molecule has 1 aromatic carbocycles. The molecule has 0 saturated heterocycles. The summed E-state index contributed by atoms with van der Waals surface area (Å²) < 4.78 is 18.9. The molecule has 5 nitrogen and oxygen atoms in total. The molecule has 1 aliphatic carbocycles. The molecule has 0 aliphatic heterocycles. The van der Waals surface area contributed by atoms with Gasteiger partial charge in [-0.3, -0.25) is 10.1 Å². The van der Waals surface area contributed by atoms with Crippen LogP contribution in [-0.2, 0) is 0 Å². The van der Waals surface area contributed by atoms with Crippen LogP contribution in [0.15, 0.2) is 16.6 Å². The number of aliphatic hydroxyl groups is 1. The van der Waals surface area contributed by atoms with Crippen LogP contribution in [-0.4, -0.2) is 22.2 Å². The summed E-state index contributed by atoms with van der Waals surface area (Å²) in [6.07, 6.45) is 1.80. The van der Waals surface area contributed by atoms with Crippen molar-refractivity contribution in [3.8, 4) is 5.75 Å². The van der Waals surface area contributed by atoms with Crippen molar-refractivity contribution < 1.29 is 19.2 Å². The summed E-state index contributed by atoms with van der Waals surface area (Å²) in [5.41, 5.74) is -0.314. The van der Waals surface area contributed by atoms with Gasteiger partial charge in [0.05, 0.1) is 15.5 Å². The molecule has 0 spiro atoms. The van der Waals surface area contributed by atoms with Gasteiger partial charge in [0.25, 0.3) is 0 Å². The fourth-order valence-electron chi connectivity index (χ4n) is 2.13. The molecule has 0 heterocycles. The number of nitrogens with zero attached hydrogens (tertiary/aromatic N) is 1. The summed E-state index contributed by atoms with van der Waals surface area (Å²) in [5, 5.41) is 20.7. The lowest BCUT2D eigenvalue weighted by molar-refractivity contribution is -0.386. The van der Waals surface area contributed by atoms with Gasteiger partial charge in [-0.2, -0.15) is 0 Å². The lowest BCUT2D eigenvalue weighted by atomic mass is 9.95. The Morgan fingerprint density at radius 3 is 2.74 bits per heavy atom. The van der Waals surface area contributed by atoms with Gasteiger partial charge >= 0.3 is 5.69 Å². The van der Waals surface area contributed by atoms with E-state index in [4.69, 9.17) is 4.74 Å². The smallest absolute Gasteiger partial charge is 0.312 e. The van der Waals surface area contributed by atoms with Crippen LogP contribution in [0.2, 0.25) is 0 Å². The molecule has 0 amide bonds. The fraction of sp³-hybridized carbons (Fsp3) is 0.500. The molecule has 1 saturated carbocycles. The molecular formula is C12H13BrFNO4. The normalized spacial score (nSPS) is 23.1. The van der Waals surface area contributed by atoms with Crippen molar-refractivity contribution in [1.82, 2.24) is 0 Å². The van der Waals surface area contributed by atoms with Crippen LogP contribution in [0.1, 0.15) is 25.7 Å². The maximum Gasteiger partial charge on any atom is 0.312 e. The van der Waals surface area contributed by atoms with Gasteiger partial charge in [0.15, 0.2) is 5.75 Å². The zero-order chi connectivity index (χ0) is 14.0. The van der Waals surface area contributed by atoms with Gasteiger partial charge in [-0.25, -0.2) is 4.39 Å². The van der Waals surface area contributed by atoms with E-state index >= 15 is 0 Å². The fourth-order valence-corrected chi connectivity index (χ4v) is 2.46. The van der Waals surface area contributed by atoms with E-state index in [1.807, 2.05) is 0 Å². The number of ether oxygens (including phenoxy) is 1. The molecule has 19 heavy (non-hydrogen) atoms. The lowest BCUT2D eigenvalue weighted by Crippen LogP contribution is -2.34. The van der Waals surface area contributed by atoms with Crippen LogP contribution in [0.3, 0.4) is 0 Å². The predicted molar refractivity (Wildman–Crippen MR) is 69.6 cm³/mol. The molecular weight excluding hydrogens is 321 g/mol. The van der Waals surface area contributed by atoms with Crippen LogP contribution >= 0.6 is 15.9 Å². The zero-order valence-corrected chi connectivity index (χ0v) is 11.6. The van der Waals surface area contributed by atoms with E-state index in [0.29, 0.717) is 12.8 Å². The van der Waals surface area contributed by atoms with Crippen molar-refractivity contribution in [1.29, 1.82) is 0 Å². The van der Waals surface area contributed by atoms with Crippen LogP contribution in [0, 0.1) is 15.9 Å². The van der Waals surface area contributed by atoms with E-state index in [-0.39, 0.29) is 15.9 Å². The van der Waals surface area contributed by atoms with E-state index in [2.05, 4.69) is 15.9 Å². The summed E-state index contributed by atoms with van der Waals surface area (Å²) in [5.74, 6) is -0.775. The standard InChI is InChI=1S/C12H13BrFNO4/c13-7-5-9(15(17)18)12(6-8(7)14)19-11-4-2-1-3-10(11)16/h5-6,10-11,16H,1-4H2/t10-,11-/m1/s1. The maximum absolute atomic E-state index is 13.5. The highest BCUT2D eigenvalue weighted by Gasteiger charge is 2.28. The van der Waals surface area contributed by atoms with Crippen molar-refractivity contribution in [2.45, 2.75) is 37.9 Å². The van der Waals surface area contributed by atoms with Gasteiger partial charge in [0.1, 0.15) is 11.9 Å². The Hall–Kier alpha value is -1.21. The first-order chi connectivity index (χ1) is 8.99. The van der Waals surface area contributed by atoms with E-state index in [1.54, 1.807) is 0 Å². The molecule has 104 valence electrons. The van der Waals surface area contributed by atoms with Crippen molar-refractivity contribution in [3.63, 3.8) is 0 Å². The number of hydrogen-bond donors (Lipinski definition) is 1. The molecule has 0 unspecified atom stereocenters. The molecule has 0 radical (unpaired) electrons. The summed E-state index contributed by atoms with van der Waals surface area (Å²) >= 11 is 2.90. The van der Waals surface area contributed by atoms with Gasteiger partial charge in [-0.15, -0.1) is 0 Å². The molecule has 2 atom stereocenters. The van der Waals surface area contributed by atoms with E-state index in [9.17, 15) is 19.6 Å². The maximum atomic E-state index is 13.5. The Balaban J connectivity index is 2.27. The van der Waals surface area contributed by atoms with Gasteiger partial charge in [0, 0.05) is 12.1 Å². The quantitative estimate of drug-likeness (QED) is 0.681. The highest BCUT2D eigenvalue weighted by atomic mass is 79.9. The minimum absolute atomic E-state index is 0.00995. The first kappa shape index (κ1) is 14.2. The van der Waals surface area contributed by atoms with Crippen LogP contribution in [0.5, 0.6) is 5.75 Å². The first-order valence-electron chi connectivity index (χ1n) is 5.97. The minimum Gasteiger partial charge on any atom is -0.481 e. The number of rotatable bonds is 3. The predicted octanol–water partition coefficient (Wildman–Crippen LogP) is 3.18. The summed E-state index contributed by atoms with van der Waals surface area (Å²) in [6, 6.07) is 2.05. The molecule has 1 aromatic rings. The molecule has 0 aromatic heterocycles. The molecule has 1 aliphatic rings. The summed E-state index contributed by atoms with van der Waals surface area (Å²) in [6.45, 7) is 0. The van der Waals surface area contributed by atoms with E-state index < -0.39 is 22.9 Å². The van der Waals surface area contributed by atoms with Crippen molar-refractivity contribution >= 4 is 21.6 Å². The van der Waals surface area contributed by atoms with Gasteiger partial charge < -0.3 is 9.84 Å². The van der Waals surface area contributed by atoms with Crippen molar-refractivity contribution in [2.75, 3.05) is 0 Å². The first-order valence-corrected chi connectivity index (χ1v) is 6.76. The van der Waals surface area contributed by atoms with Gasteiger partial charge in [-0.05, 0) is 35.2 Å². The average molecular weight is 334 g/mol. The minimum atomic E-state index is -0.667. The Labute approximate surface area is 117 Å². The number of aliphatic hydroxyl groups excluding tert-OH is 1. The largest absolute Gasteiger partial charge is 0.481 e. The number of nitro benzene ring substituents is 1. The Morgan fingerprint density at radius 2 is 2.11 bits per heavy atom. The van der Waals surface area contributed by atoms with Gasteiger partial charge in [-0.1, -0.05) is 6.42 Å². The molecule has 1 fully saturated rings. The second-order valence-corrected chi connectivity index (χ2v) is 5.35. The van der Waals surface area contributed by atoms with Crippen LogP contribution in [0.4, 0.5) is 10.1 Å². The Morgan fingerprint density at radius 1 is 1.42 bits per heavy atom. The number of benzene rings is 1. The molecule has 7 heteroatoms. The Bertz CT molecular complexity index is 497. The number of halogens is 2. The second kappa shape index (κ2) is 5.83. The third-order valence-corrected chi connectivity index (χ3v) is 3.75. The van der Waals surface area contributed by atoms with Crippen LogP contribution in [0.25, 0.3) is 0 Å². The highest BCUT2D eigenvalue weighted by Crippen LogP contribution is 2.35. The second-order valence-electron chi connectivity index (χ2n) is 4.50. The Kier molecular flexibility index (Phi) is 4.36.